The van der Waals surface area contributed by atoms with E-state index in [0.717, 1.165) is 0 Å². The Morgan fingerprint density at radius 3 is 2.78 bits per heavy atom. The first-order valence-electron chi connectivity index (χ1n) is 2.31. The van der Waals surface area contributed by atoms with Crippen LogP contribution in [0.5, 0.6) is 0 Å². The van der Waals surface area contributed by atoms with E-state index in [-0.39, 0.29) is 18.0 Å². The van der Waals surface area contributed by atoms with Crippen LogP contribution in [0.25, 0.3) is 0 Å². The number of rotatable bonds is 0. The molecule has 0 fully saturated rings. The third-order valence-corrected chi connectivity index (χ3v) is 0.749. The van der Waals surface area contributed by atoms with Crippen LogP contribution >= 0.6 is 12.4 Å². The van der Waals surface area contributed by atoms with E-state index in [1.54, 1.807) is 18.2 Å². The van der Waals surface area contributed by atoms with Crippen molar-refractivity contribution >= 4 is 12.4 Å². The second kappa shape index (κ2) is 4.04. The van der Waals surface area contributed by atoms with Crippen molar-refractivity contribution in [2.45, 2.75) is 0 Å². The molecule has 3 heteroatoms. The summed E-state index contributed by atoms with van der Waals surface area (Å²) in [6, 6.07) is 6.55. The Balaban J connectivity index is 0.000000640. The minimum Gasteiger partial charge on any atom is -0.267 e. The molecule has 1 heterocycles. The first-order valence-corrected chi connectivity index (χ1v) is 2.31. The summed E-state index contributed by atoms with van der Waals surface area (Å²) in [5.41, 5.74) is -0.199. The van der Waals surface area contributed by atoms with Crippen LogP contribution in [0.4, 0.5) is 0 Å². The van der Waals surface area contributed by atoms with Crippen LogP contribution in [-0.4, -0.2) is 4.98 Å². The molecule has 0 aliphatic rings. The lowest BCUT2D eigenvalue weighted by Gasteiger charge is -1.57. The summed E-state index contributed by atoms with van der Waals surface area (Å²) in [6.07, 6.45) is 1.47. The highest BCUT2D eigenvalue weighted by atomic mass is 35.5. The van der Waals surface area contributed by atoms with Gasteiger partial charge in [0, 0.05) is 12.3 Å². The van der Waals surface area contributed by atoms with Crippen LogP contribution in [0, 0.1) is 0 Å². The number of halogens is 1. The number of hydrogen-bond acceptors (Lipinski definition) is 2. The van der Waals surface area contributed by atoms with Crippen LogP contribution in [0.1, 0.15) is 0 Å². The molecule has 0 amide bonds. The average molecular weight is 144 g/mol. The monoisotopic (exact) mass is 143 g/mol. The SMILES string of the molecule is Cl.O=c1cccccn1. The summed E-state index contributed by atoms with van der Waals surface area (Å²) in [7, 11) is 0. The average Bonchev–Trinajstić information content (AvgIpc) is 1.94. The lowest BCUT2D eigenvalue weighted by Crippen LogP contribution is -1.95. The molecule has 48 valence electrons. The van der Waals surface area contributed by atoms with Crippen molar-refractivity contribution in [2.75, 3.05) is 0 Å². The van der Waals surface area contributed by atoms with Crippen LogP contribution in [0.3, 0.4) is 0 Å². The second-order valence-corrected chi connectivity index (χ2v) is 1.36. The Morgan fingerprint density at radius 1 is 1.22 bits per heavy atom. The van der Waals surface area contributed by atoms with E-state index >= 15 is 0 Å². The number of nitrogens with zero attached hydrogens (tertiary/aromatic N) is 1. The molecule has 0 aromatic carbocycles. The van der Waals surface area contributed by atoms with Crippen LogP contribution in [0.2, 0.25) is 0 Å². The fourth-order valence-electron chi connectivity index (χ4n) is 0.411. The maximum absolute atomic E-state index is 10.4. The molecular formula is C6H6ClNO. The fraction of sp³-hybridized carbons (Fsp3) is 0. The molecule has 1 aromatic rings. The van der Waals surface area contributed by atoms with Gasteiger partial charge in [-0.05, 0) is 6.07 Å². The number of aromatic nitrogens is 1. The van der Waals surface area contributed by atoms with Gasteiger partial charge in [0.15, 0.2) is 0 Å². The molecule has 1 aromatic heterocycles. The summed E-state index contributed by atoms with van der Waals surface area (Å²) in [5.74, 6) is 0. The Morgan fingerprint density at radius 2 is 2.00 bits per heavy atom. The smallest absolute Gasteiger partial charge is 0.267 e. The molecule has 9 heavy (non-hydrogen) atoms. The van der Waals surface area contributed by atoms with Gasteiger partial charge in [0.1, 0.15) is 0 Å². The van der Waals surface area contributed by atoms with E-state index in [9.17, 15) is 4.79 Å². The summed E-state index contributed by atoms with van der Waals surface area (Å²) in [5, 5.41) is 0. The van der Waals surface area contributed by atoms with Crippen molar-refractivity contribution in [1.82, 2.24) is 4.98 Å². The lowest BCUT2D eigenvalue weighted by atomic mass is 10.5. The van der Waals surface area contributed by atoms with Crippen molar-refractivity contribution in [1.29, 1.82) is 0 Å². The zero-order chi connectivity index (χ0) is 5.82. The maximum Gasteiger partial charge on any atom is 0.269 e. The predicted octanol–water partition coefficient (Wildman–Crippen LogP) is 0.864. The van der Waals surface area contributed by atoms with Crippen LogP contribution in [0.15, 0.2) is 35.3 Å². The lowest BCUT2D eigenvalue weighted by molar-refractivity contribution is 1.27. The Bertz CT molecular complexity index is 204. The molecule has 0 radical (unpaired) electrons. The van der Waals surface area contributed by atoms with Gasteiger partial charge in [-0.2, -0.15) is 0 Å². The van der Waals surface area contributed by atoms with Crippen molar-refractivity contribution in [3.05, 3.63) is 40.8 Å². The van der Waals surface area contributed by atoms with Crippen molar-refractivity contribution < 1.29 is 0 Å². The third-order valence-electron chi connectivity index (χ3n) is 0.749. The van der Waals surface area contributed by atoms with Gasteiger partial charge in [-0.3, -0.25) is 4.79 Å². The van der Waals surface area contributed by atoms with E-state index in [2.05, 4.69) is 4.98 Å². The first kappa shape index (κ1) is 8.11. The van der Waals surface area contributed by atoms with E-state index in [4.69, 9.17) is 0 Å². The second-order valence-electron chi connectivity index (χ2n) is 1.36. The highest BCUT2D eigenvalue weighted by Gasteiger charge is 1.70. The molecule has 0 saturated carbocycles. The zero-order valence-corrected chi connectivity index (χ0v) is 5.47. The number of hydrogen-bond donors (Lipinski definition) is 0. The minimum atomic E-state index is -0.199. The van der Waals surface area contributed by atoms with Gasteiger partial charge in [-0.1, -0.05) is 12.1 Å². The molecule has 0 N–H and O–H groups in total. The minimum absolute atomic E-state index is 0. The van der Waals surface area contributed by atoms with E-state index < -0.39 is 0 Å². The molecule has 2 nitrogen and oxygen atoms in total. The van der Waals surface area contributed by atoms with Gasteiger partial charge in [0.25, 0.3) is 5.56 Å². The molecule has 0 bridgehead atoms. The molecule has 0 atom stereocenters. The van der Waals surface area contributed by atoms with E-state index in [1.165, 1.54) is 12.3 Å². The largest absolute Gasteiger partial charge is 0.269 e. The standard InChI is InChI=1S/C6H5NO.ClH/c8-6-4-2-1-3-5-7-6;/h1-5H;1H. The van der Waals surface area contributed by atoms with Gasteiger partial charge in [0.05, 0.1) is 0 Å². The summed E-state index contributed by atoms with van der Waals surface area (Å²) >= 11 is 0. The highest BCUT2D eigenvalue weighted by Crippen LogP contribution is 1.69. The maximum atomic E-state index is 10.4. The normalized spacial score (nSPS) is 7.56. The molecule has 1 rings (SSSR count). The van der Waals surface area contributed by atoms with Crippen molar-refractivity contribution in [3.8, 4) is 0 Å². The predicted molar refractivity (Wildman–Crippen MR) is 37.8 cm³/mol. The summed E-state index contributed by atoms with van der Waals surface area (Å²) in [6.45, 7) is 0. The van der Waals surface area contributed by atoms with Crippen molar-refractivity contribution in [2.24, 2.45) is 0 Å². The fourth-order valence-corrected chi connectivity index (χ4v) is 0.411. The first-order chi connectivity index (χ1) is 3.89. The molecule has 0 aliphatic heterocycles. The Labute approximate surface area is 59.0 Å². The van der Waals surface area contributed by atoms with Gasteiger partial charge in [0.2, 0.25) is 0 Å². The third kappa shape index (κ3) is 2.82. The van der Waals surface area contributed by atoms with Crippen LogP contribution < -0.4 is 5.56 Å². The molecule has 0 unspecified atom stereocenters. The molecular weight excluding hydrogens is 138 g/mol. The van der Waals surface area contributed by atoms with Gasteiger partial charge in [-0.15, -0.1) is 12.4 Å². The Kier molecular flexibility index (Phi) is 3.64. The van der Waals surface area contributed by atoms with E-state index in [0.29, 0.717) is 0 Å². The van der Waals surface area contributed by atoms with Gasteiger partial charge in [-0.25, -0.2) is 4.98 Å². The van der Waals surface area contributed by atoms with Gasteiger partial charge < -0.3 is 0 Å². The molecule has 0 saturated heterocycles. The summed E-state index contributed by atoms with van der Waals surface area (Å²) in [4.78, 5) is 13.8. The molecule has 0 spiro atoms. The van der Waals surface area contributed by atoms with Gasteiger partial charge >= 0.3 is 0 Å². The summed E-state index contributed by atoms with van der Waals surface area (Å²) < 4.78 is 0. The topological polar surface area (TPSA) is 30.0 Å². The van der Waals surface area contributed by atoms with Crippen molar-refractivity contribution in [3.63, 3.8) is 0 Å². The zero-order valence-electron chi connectivity index (χ0n) is 4.65. The van der Waals surface area contributed by atoms with E-state index in [1.807, 2.05) is 0 Å². The highest BCUT2D eigenvalue weighted by molar-refractivity contribution is 5.85. The van der Waals surface area contributed by atoms with Crippen LogP contribution in [-0.2, 0) is 0 Å². The molecule has 0 aliphatic carbocycles. The Hall–Kier alpha value is -0.890. The quantitative estimate of drug-likeness (QED) is 0.539.